The van der Waals surface area contributed by atoms with Crippen LogP contribution in [0.1, 0.15) is 17.1 Å². The van der Waals surface area contributed by atoms with Gasteiger partial charge >= 0.3 is 0 Å². The molecule has 0 saturated heterocycles. The Labute approximate surface area is 94.3 Å². The minimum atomic E-state index is 0.676. The topological polar surface area (TPSA) is 60.6 Å². The second kappa shape index (κ2) is 4.44. The van der Waals surface area contributed by atoms with Crippen molar-refractivity contribution in [1.29, 1.82) is 0 Å². The average Bonchev–Trinajstić information content (AvgIpc) is 2.74. The standard InChI is InChI=1S/C10H16N6/c1-8-9(6-15(2)13-8)4-11-5-10-12-7-16(3)14-10/h6-7,11H,4-5H2,1-3H3. The van der Waals surface area contributed by atoms with Crippen LogP contribution in [0.25, 0.3) is 0 Å². The molecule has 0 aromatic carbocycles. The Kier molecular flexibility index (Phi) is 3.00. The highest BCUT2D eigenvalue weighted by atomic mass is 15.3. The van der Waals surface area contributed by atoms with Gasteiger partial charge in [0.2, 0.25) is 0 Å². The van der Waals surface area contributed by atoms with Crippen molar-refractivity contribution in [1.82, 2.24) is 29.9 Å². The molecule has 2 rings (SSSR count). The Morgan fingerprint density at radius 3 is 2.56 bits per heavy atom. The van der Waals surface area contributed by atoms with E-state index in [2.05, 4.69) is 20.5 Å². The van der Waals surface area contributed by atoms with E-state index in [9.17, 15) is 0 Å². The molecule has 0 aliphatic heterocycles. The maximum Gasteiger partial charge on any atom is 0.164 e. The predicted molar refractivity (Wildman–Crippen MR) is 59.5 cm³/mol. The van der Waals surface area contributed by atoms with Crippen LogP contribution in [-0.4, -0.2) is 24.5 Å². The van der Waals surface area contributed by atoms with E-state index in [1.54, 1.807) is 11.0 Å². The van der Waals surface area contributed by atoms with E-state index >= 15 is 0 Å². The van der Waals surface area contributed by atoms with Gasteiger partial charge in [-0.25, -0.2) is 4.98 Å². The van der Waals surface area contributed by atoms with Crippen LogP contribution in [0.4, 0.5) is 0 Å². The van der Waals surface area contributed by atoms with Crippen LogP contribution in [0.2, 0.25) is 0 Å². The molecule has 0 atom stereocenters. The molecular formula is C10H16N6. The van der Waals surface area contributed by atoms with Crippen LogP contribution in [0.5, 0.6) is 0 Å². The highest BCUT2D eigenvalue weighted by Gasteiger charge is 2.03. The van der Waals surface area contributed by atoms with Gasteiger partial charge in [-0.05, 0) is 6.92 Å². The van der Waals surface area contributed by atoms with Gasteiger partial charge in [-0.1, -0.05) is 0 Å². The fraction of sp³-hybridized carbons (Fsp3) is 0.500. The summed E-state index contributed by atoms with van der Waals surface area (Å²) >= 11 is 0. The highest BCUT2D eigenvalue weighted by molar-refractivity contribution is 5.14. The second-order valence-corrected chi connectivity index (χ2v) is 3.85. The summed E-state index contributed by atoms with van der Waals surface area (Å²) in [5.74, 6) is 0.809. The summed E-state index contributed by atoms with van der Waals surface area (Å²) < 4.78 is 3.53. The van der Waals surface area contributed by atoms with Crippen molar-refractivity contribution in [3.63, 3.8) is 0 Å². The van der Waals surface area contributed by atoms with Crippen LogP contribution in [0, 0.1) is 6.92 Å². The van der Waals surface area contributed by atoms with Crippen LogP contribution in [0.3, 0.4) is 0 Å². The van der Waals surface area contributed by atoms with Crippen molar-refractivity contribution >= 4 is 0 Å². The van der Waals surface area contributed by atoms with Crippen molar-refractivity contribution in [2.24, 2.45) is 14.1 Å². The van der Waals surface area contributed by atoms with Crippen molar-refractivity contribution in [3.05, 3.63) is 29.6 Å². The van der Waals surface area contributed by atoms with Gasteiger partial charge in [-0.3, -0.25) is 9.36 Å². The Balaban J connectivity index is 1.86. The molecule has 0 saturated carbocycles. The molecule has 0 spiro atoms. The molecule has 0 unspecified atom stereocenters. The van der Waals surface area contributed by atoms with E-state index in [0.29, 0.717) is 6.54 Å². The summed E-state index contributed by atoms with van der Waals surface area (Å²) in [5, 5.41) is 11.8. The van der Waals surface area contributed by atoms with E-state index in [1.807, 2.05) is 31.9 Å². The van der Waals surface area contributed by atoms with Crippen LogP contribution in [0.15, 0.2) is 12.5 Å². The number of hydrogen-bond donors (Lipinski definition) is 1. The van der Waals surface area contributed by atoms with E-state index < -0.39 is 0 Å². The summed E-state index contributed by atoms with van der Waals surface area (Å²) in [4.78, 5) is 4.14. The van der Waals surface area contributed by atoms with E-state index in [1.165, 1.54) is 5.56 Å². The number of rotatable bonds is 4. The quantitative estimate of drug-likeness (QED) is 0.796. The third-order valence-corrected chi connectivity index (χ3v) is 2.36. The molecule has 1 N–H and O–H groups in total. The van der Waals surface area contributed by atoms with Gasteiger partial charge in [0.1, 0.15) is 6.33 Å². The number of aromatic nitrogens is 5. The van der Waals surface area contributed by atoms with Gasteiger partial charge in [0.15, 0.2) is 5.82 Å². The Morgan fingerprint density at radius 2 is 2.00 bits per heavy atom. The molecule has 16 heavy (non-hydrogen) atoms. The predicted octanol–water partition coefficient (Wildman–Crippen LogP) is 0.147. The molecule has 0 fully saturated rings. The molecule has 0 aliphatic rings. The maximum atomic E-state index is 4.28. The molecule has 2 heterocycles. The maximum absolute atomic E-state index is 4.28. The fourth-order valence-electron chi connectivity index (χ4n) is 1.60. The van der Waals surface area contributed by atoms with Crippen molar-refractivity contribution in [3.8, 4) is 0 Å². The number of nitrogens with zero attached hydrogens (tertiary/aromatic N) is 5. The lowest BCUT2D eigenvalue weighted by Gasteiger charge is -1.99. The first kappa shape index (κ1) is 10.8. The average molecular weight is 220 g/mol. The largest absolute Gasteiger partial charge is 0.306 e. The van der Waals surface area contributed by atoms with E-state index in [-0.39, 0.29) is 0 Å². The van der Waals surface area contributed by atoms with Gasteiger partial charge in [-0.2, -0.15) is 10.2 Å². The van der Waals surface area contributed by atoms with Crippen LogP contribution in [-0.2, 0) is 27.2 Å². The van der Waals surface area contributed by atoms with Gasteiger partial charge in [-0.15, -0.1) is 0 Å². The SMILES string of the molecule is Cc1nn(C)cc1CNCc1ncn(C)n1. The molecule has 0 amide bonds. The zero-order valence-corrected chi connectivity index (χ0v) is 9.80. The molecule has 6 nitrogen and oxygen atoms in total. The van der Waals surface area contributed by atoms with Gasteiger partial charge in [0, 0.05) is 32.4 Å². The summed E-state index contributed by atoms with van der Waals surface area (Å²) in [7, 11) is 3.79. The van der Waals surface area contributed by atoms with Crippen molar-refractivity contribution in [2.75, 3.05) is 0 Å². The van der Waals surface area contributed by atoms with Crippen molar-refractivity contribution in [2.45, 2.75) is 20.0 Å². The number of nitrogens with one attached hydrogen (secondary N) is 1. The van der Waals surface area contributed by atoms with Crippen LogP contribution >= 0.6 is 0 Å². The first-order valence-corrected chi connectivity index (χ1v) is 5.19. The number of hydrogen-bond acceptors (Lipinski definition) is 4. The molecule has 6 heteroatoms. The normalized spacial score (nSPS) is 10.9. The molecule has 0 aliphatic carbocycles. The molecule has 2 aromatic heterocycles. The summed E-state index contributed by atoms with van der Waals surface area (Å²) in [6.45, 7) is 3.48. The summed E-state index contributed by atoms with van der Waals surface area (Å²) in [5.41, 5.74) is 2.27. The fourth-order valence-corrected chi connectivity index (χ4v) is 1.60. The lowest BCUT2D eigenvalue weighted by Crippen LogP contribution is -2.14. The van der Waals surface area contributed by atoms with E-state index in [0.717, 1.165) is 18.1 Å². The molecule has 0 bridgehead atoms. The smallest absolute Gasteiger partial charge is 0.164 e. The molecule has 2 aromatic rings. The third kappa shape index (κ3) is 2.46. The molecule has 86 valence electrons. The van der Waals surface area contributed by atoms with Crippen LogP contribution < -0.4 is 5.32 Å². The molecular weight excluding hydrogens is 204 g/mol. The first-order chi connectivity index (χ1) is 7.65. The first-order valence-electron chi connectivity index (χ1n) is 5.19. The third-order valence-electron chi connectivity index (χ3n) is 2.36. The zero-order valence-electron chi connectivity index (χ0n) is 9.80. The number of aryl methyl sites for hydroxylation is 3. The van der Waals surface area contributed by atoms with Crippen molar-refractivity contribution < 1.29 is 0 Å². The van der Waals surface area contributed by atoms with Gasteiger partial charge in [0.25, 0.3) is 0 Å². The highest BCUT2D eigenvalue weighted by Crippen LogP contribution is 2.03. The van der Waals surface area contributed by atoms with E-state index in [4.69, 9.17) is 0 Å². The van der Waals surface area contributed by atoms with Gasteiger partial charge in [0.05, 0.1) is 12.2 Å². The summed E-state index contributed by atoms with van der Waals surface area (Å²) in [6, 6.07) is 0. The minimum Gasteiger partial charge on any atom is -0.306 e. The lowest BCUT2D eigenvalue weighted by atomic mass is 10.2. The zero-order chi connectivity index (χ0) is 11.5. The molecule has 0 radical (unpaired) electrons. The van der Waals surface area contributed by atoms with Gasteiger partial charge < -0.3 is 5.32 Å². The summed E-state index contributed by atoms with van der Waals surface area (Å²) in [6.07, 6.45) is 3.72. The lowest BCUT2D eigenvalue weighted by molar-refractivity contribution is 0.647. The Bertz CT molecular complexity index is 469. The second-order valence-electron chi connectivity index (χ2n) is 3.85. The Hall–Kier alpha value is -1.69. The monoisotopic (exact) mass is 220 g/mol. The minimum absolute atomic E-state index is 0.676. The Morgan fingerprint density at radius 1 is 1.19 bits per heavy atom.